The summed E-state index contributed by atoms with van der Waals surface area (Å²) < 4.78 is 0. The van der Waals surface area contributed by atoms with Crippen molar-refractivity contribution in [3.05, 3.63) is 65.2 Å². The van der Waals surface area contributed by atoms with E-state index in [0.29, 0.717) is 11.1 Å². The molecule has 0 saturated heterocycles. The van der Waals surface area contributed by atoms with Crippen molar-refractivity contribution in [2.45, 2.75) is 6.54 Å². The van der Waals surface area contributed by atoms with Gasteiger partial charge in [-0.05, 0) is 23.8 Å². The summed E-state index contributed by atoms with van der Waals surface area (Å²) in [5.41, 5.74) is 3.26. The molecule has 2 aliphatic rings. The van der Waals surface area contributed by atoms with E-state index in [1.165, 1.54) is 10.5 Å². The Labute approximate surface area is 134 Å². The zero-order valence-corrected chi connectivity index (χ0v) is 12.7. The summed E-state index contributed by atoms with van der Waals surface area (Å²) in [4.78, 5) is 28.5. The molecule has 4 rings (SSSR count). The fourth-order valence-electron chi connectivity index (χ4n) is 3.21. The Morgan fingerprint density at radius 2 is 1.57 bits per heavy atom. The summed E-state index contributed by atoms with van der Waals surface area (Å²) in [5, 5.41) is 3.37. The molecule has 0 spiro atoms. The number of nitrogens with zero attached hydrogens (tertiary/aromatic N) is 2. The Bertz CT molecular complexity index is 752. The van der Waals surface area contributed by atoms with Crippen LogP contribution in [0.25, 0.3) is 0 Å². The second-order valence-electron chi connectivity index (χ2n) is 5.79. The van der Waals surface area contributed by atoms with Crippen LogP contribution in [0.5, 0.6) is 0 Å². The summed E-state index contributed by atoms with van der Waals surface area (Å²) >= 11 is 0. The van der Waals surface area contributed by atoms with Crippen molar-refractivity contribution >= 4 is 17.5 Å². The highest BCUT2D eigenvalue weighted by atomic mass is 16.2. The van der Waals surface area contributed by atoms with E-state index in [0.717, 1.165) is 25.3 Å². The van der Waals surface area contributed by atoms with Crippen molar-refractivity contribution in [3.63, 3.8) is 0 Å². The second kappa shape index (κ2) is 5.52. The van der Waals surface area contributed by atoms with E-state index in [-0.39, 0.29) is 18.5 Å². The number of rotatable bonds is 2. The van der Waals surface area contributed by atoms with E-state index in [1.807, 2.05) is 18.2 Å². The number of carbonyl (C=O) groups is 2. The van der Waals surface area contributed by atoms with E-state index in [9.17, 15) is 9.59 Å². The van der Waals surface area contributed by atoms with Crippen LogP contribution in [-0.4, -0.2) is 36.5 Å². The first-order valence-corrected chi connectivity index (χ1v) is 7.74. The lowest BCUT2D eigenvalue weighted by atomic mass is 10.1. The van der Waals surface area contributed by atoms with Crippen LogP contribution in [0.4, 0.5) is 5.69 Å². The Morgan fingerprint density at radius 1 is 0.913 bits per heavy atom. The van der Waals surface area contributed by atoms with Gasteiger partial charge in [0.15, 0.2) is 0 Å². The highest BCUT2D eigenvalue weighted by Gasteiger charge is 2.36. The van der Waals surface area contributed by atoms with Crippen LogP contribution < -0.4 is 10.2 Å². The molecule has 116 valence electrons. The van der Waals surface area contributed by atoms with Gasteiger partial charge in [0.05, 0.1) is 11.1 Å². The number of hydrogen-bond acceptors (Lipinski definition) is 4. The van der Waals surface area contributed by atoms with Gasteiger partial charge in [0.1, 0.15) is 6.67 Å². The quantitative estimate of drug-likeness (QED) is 0.860. The molecule has 0 aromatic heterocycles. The minimum atomic E-state index is -0.208. The lowest BCUT2D eigenvalue weighted by Gasteiger charge is -2.28. The van der Waals surface area contributed by atoms with Crippen LogP contribution in [0.1, 0.15) is 26.3 Å². The van der Waals surface area contributed by atoms with Gasteiger partial charge >= 0.3 is 0 Å². The van der Waals surface area contributed by atoms with E-state index in [1.54, 1.807) is 24.3 Å². The lowest BCUT2D eigenvalue weighted by Crippen LogP contribution is -2.43. The van der Waals surface area contributed by atoms with Gasteiger partial charge in [0.25, 0.3) is 11.8 Å². The zero-order valence-electron chi connectivity index (χ0n) is 12.7. The molecule has 0 aliphatic carbocycles. The molecular formula is C18H17N3O2. The van der Waals surface area contributed by atoms with Crippen molar-refractivity contribution in [1.82, 2.24) is 10.2 Å². The number of hydrogen-bond donors (Lipinski definition) is 1. The number of fused-ring (bicyclic) bond motifs is 2. The Morgan fingerprint density at radius 3 is 2.30 bits per heavy atom. The molecule has 2 aromatic carbocycles. The summed E-state index contributed by atoms with van der Waals surface area (Å²) in [6.45, 7) is 2.65. The van der Waals surface area contributed by atoms with E-state index < -0.39 is 0 Å². The van der Waals surface area contributed by atoms with E-state index >= 15 is 0 Å². The largest absolute Gasteiger partial charge is 0.352 e. The molecule has 0 bridgehead atoms. The van der Waals surface area contributed by atoms with Crippen molar-refractivity contribution in [2.75, 3.05) is 24.7 Å². The molecule has 2 aliphatic heterocycles. The van der Waals surface area contributed by atoms with Gasteiger partial charge in [-0.3, -0.25) is 14.5 Å². The van der Waals surface area contributed by atoms with Crippen LogP contribution in [-0.2, 0) is 6.54 Å². The topological polar surface area (TPSA) is 52.7 Å². The maximum absolute atomic E-state index is 12.5. The predicted molar refractivity (Wildman–Crippen MR) is 87.3 cm³/mol. The van der Waals surface area contributed by atoms with Crippen LogP contribution in [0.2, 0.25) is 0 Å². The molecule has 0 atom stereocenters. The minimum absolute atomic E-state index is 0.208. The van der Waals surface area contributed by atoms with Crippen molar-refractivity contribution < 1.29 is 9.59 Å². The standard InChI is InChI=1S/C18H17N3O2/c22-17-14-6-2-3-7-15(14)18(23)21(17)12-20-10-9-19-11-13-5-1-4-8-16(13)20/h1-8,19H,9-12H2. The van der Waals surface area contributed by atoms with Gasteiger partial charge in [0.2, 0.25) is 0 Å². The Balaban J connectivity index is 1.65. The normalized spacial score (nSPS) is 17.0. The van der Waals surface area contributed by atoms with Crippen molar-refractivity contribution in [2.24, 2.45) is 0 Å². The van der Waals surface area contributed by atoms with Crippen LogP contribution in [0.3, 0.4) is 0 Å². The van der Waals surface area contributed by atoms with Crippen LogP contribution >= 0.6 is 0 Å². The number of benzene rings is 2. The van der Waals surface area contributed by atoms with Gasteiger partial charge < -0.3 is 10.2 Å². The first kappa shape index (κ1) is 14.0. The van der Waals surface area contributed by atoms with E-state index in [2.05, 4.69) is 16.3 Å². The summed E-state index contributed by atoms with van der Waals surface area (Å²) in [5.74, 6) is -0.416. The Hall–Kier alpha value is -2.66. The molecule has 0 unspecified atom stereocenters. The number of nitrogens with one attached hydrogen (secondary N) is 1. The van der Waals surface area contributed by atoms with Gasteiger partial charge in [-0.25, -0.2) is 0 Å². The van der Waals surface area contributed by atoms with Gasteiger partial charge in [0, 0.05) is 25.3 Å². The SMILES string of the molecule is O=C1c2ccccc2C(=O)N1CN1CCNCc2ccccc21. The van der Waals surface area contributed by atoms with Gasteiger partial charge in [-0.15, -0.1) is 0 Å². The summed E-state index contributed by atoms with van der Waals surface area (Å²) in [6, 6.07) is 15.1. The fourth-order valence-corrected chi connectivity index (χ4v) is 3.21. The van der Waals surface area contributed by atoms with Crippen LogP contribution in [0.15, 0.2) is 48.5 Å². The smallest absolute Gasteiger partial charge is 0.263 e. The second-order valence-corrected chi connectivity index (χ2v) is 5.79. The molecule has 1 N–H and O–H groups in total. The highest BCUT2D eigenvalue weighted by molar-refractivity contribution is 6.21. The van der Waals surface area contributed by atoms with Crippen LogP contribution in [0, 0.1) is 0 Å². The maximum atomic E-state index is 12.5. The van der Waals surface area contributed by atoms with Gasteiger partial charge in [-0.1, -0.05) is 30.3 Å². The highest BCUT2D eigenvalue weighted by Crippen LogP contribution is 2.26. The number of amides is 2. The predicted octanol–water partition coefficient (Wildman–Crippen LogP) is 1.85. The number of anilines is 1. The number of imide groups is 1. The van der Waals surface area contributed by atoms with Crippen molar-refractivity contribution in [3.8, 4) is 0 Å². The minimum Gasteiger partial charge on any atom is -0.352 e. The molecular weight excluding hydrogens is 290 g/mol. The third-order valence-electron chi connectivity index (χ3n) is 4.40. The first-order valence-electron chi connectivity index (χ1n) is 7.74. The number of carbonyl (C=O) groups excluding carboxylic acids is 2. The Kier molecular flexibility index (Phi) is 3.35. The molecule has 2 heterocycles. The molecule has 2 aromatic rings. The van der Waals surface area contributed by atoms with Crippen molar-refractivity contribution in [1.29, 1.82) is 0 Å². The molecule has 2 amide bonds. The first-order chi connectivity index (χ1) is 11.3. The average Bonchev–Trinajstić information content (AvgIpc) is 2.75. The lowest BCUT2D eigenvalue weighted by molar-refractivity contribution is 0.0654. The zero-order chi connectivity index (χ0) is 15.8. The molecule has 0 fully saturated rings. The molecule has 23 heavy (non-hydrogen) atoms. The van der Waals surface area contributed by atoms with Gasteiger partial charge in [-0.2, -0.15) is 0 Å². The fraction of sp³-hybridized carbons (Fsp3) is 0.222. The molecule has 0 radical (unpaired) electrons. The summed E-state index contributed by atoms with van der Waals surface area (Å²) in [7, 11) is 0. The third-order valence-corrected chi connectivity index (χ3v) is 4.40. The monoisotopic (exact) mass is 307 g/mol. The number of para-hydroxylation sites is 1. The molecule has 5 nitrogen and oxygen atoms in total. The maximum Gasteiger partial charge on any atom is 0.263 e. The molecule has 0 saturated carbocycles. The average molecular weight is 307 g/mol. The van der Waals surface area contributed by atoms with E-state index in [4.69, 9.17) is 0 Å². The molecule has 5 heteroatoms. The summed E-state index contributed by atoms with van der Waals surface area (Å²) in [6.07, 6.45) is 0. The third kappa shape index (κ3) is 2.29.